The minimum absolute atomic E-state index is 0.0333. The maximum Gasteiger partial charge on any atom is 0.292 e. The third-order valence-electron chi connectivity index (χ3n) is 5.55. The van der Waals surface area contributed by atoms with Crippen LogP contribution in [0.5, 0.6) is 0 Å². The number of likely N-dealkylation sites (tertiary alicyclic amines) is 1. The van der Waals surface area contributed by atoms with Gasteiger partial charge in [0.25, 0.3) is 5.91 Å². The summed E-state index contributed by atoms with van der Waals surface area (Å²) >= 11 is 5.98. The highest BCUT2D eigenvalue weighted by Gasteiger charge is 2.51. The van der Waals surface area contributed by atoms with Crippen LogP contribution in [0.15, 0.2) is 41.1 Å². The number of carbonyl (C=O) groups excluding carboxylic acids is 2. The summed E-state index contributed by atoms with van der Waals surface area (Å²) in [6.45, 7) is 0.738. The van der Waals surface area contributed by atoms with E-state index in [-0.39, 0.29) is 23.6 Å². The van der Waals surface area contributed by atoms with E-state index in [0.717, 1.165) is 31.2 Å². The second-order valence-corrected chi connectivity index (χ2v) is 8.01. The van der Waals surface area contributed by atoms with Crippen molar-refractivity contribution in [3.63, 3.8) is 0 Å². The average Bonchev–Trinajstić information content (AvgIpc) is 3.32. The largest absolute Gasteiger partial charge is 0.353 e. The van der Waals surface area contributed by atoms with Crippen molar-refractivity contribution in [3.05, 3.63) is 52.9 Å². The Bertz CT molecular complexity index is 808. The van der Waals surface area contributed by atoms with Crippen LogP contribution in [0.3, 0.4) is 0 Å². The lowest BCUT2D eigenvalue weighted by Gasteiger charge is -2.49. The Hall–Kier alpha value is -2.34. The molecule has 0 radical (unpaired) electrons. The highest BCUT2D eigenvalue weighted by molar-refractivity contribution is 6.30. The van der Waals surface area contributed by atoms with Crippen LogP contribution in [0.4, 0.5) is 0 Å². The number of halogens is 1. The molecule has 2 aromatic rings. The van der Waals surface area contributed by atoms with Crippen LogP contribution in [0, 0.1) is 5.41 Å². The van der Waals surface area contributed by atoms with Gasteiger partial charge in [0.15, 0.2) is 0 Å². The fourth-order valence-electron chi connectivity index (χ4n) is 4.05. The zero-order valence-corrected chi connectivity index (χ0v) is 15.7. The van der Waals surface area contributed by atoms with E-state index in [9.17, 15) is 9.59 Å². The number of amides is 2. The number of nitrogens with zero attached hydrogens (tertiary/aromatic N) is 2. The Balaban J connectivity index is 1.50. The summed E-state index contributed by atoms with van der Waals surface area (Å²) < 4.78 is 4.96. The van der Waals surface area contributed by atoms with Gasteiger partial charge < -0.3 is 14.7 Å². The van der Waals surface area contributed by atoms with Crippen LogP contribution in [0.1, 0.15) is 41.8 Å². The summed E-state index contributed by atoms with van der Waals surface area (Å²) in [6.07, 6.45) is 6.40. The van der Waals surface area contributed by atoms with E-state index in [1.807, 2.05) is 24.3 Å². The summed E-state index contributed by atoms with van der Waals surface area (Å²) in [5.74, 6) is 0.00478. The van der Waals surface area contributed by atoms with Gasteiger partial charge >= 0.3 is 0 Å². The number of benzene rings is 1. The van der Waals surface area contributed by atoms with Gasteiger partial charge in [-0.3, -0.25) is 9.59 Å². The summed E-state index contributed by atoms with van der Waals surface area (Å²) in [5, 5.41) is 7.46. The standard InChI is InChI=1S/C20H22ClN3O3/c21-15-7-5-14(6-8-15)11-20(19(26)23-16-3-1-2-4-16)12-24(13-20)18(25)17-9-10-22-27-17/h5-10,16H,1-4,11-13H2,(H,23,26). The molecule has 1 aliphatic carbocycles. The third kappa shape index (κ3) is 3.72. The molecule has 6 nitrogen and oxygen atoms in total. The molecule has 27 heavy (non-hydrogen) atoms. The second-order valence-electron chi connectivity index (χ2n) is 7.58. The minimum atomic E-state index is -0.619. The Morgan fingerprint density at radius 1 is 1.19 bits per heavy atom. The number of carbonyl (C=O) groups is 2. The van der Waals surface area contributed by atoms with Gasteiger partial charge in [0, 0.05) is 30.2 Å². The zero-order chi connectivity index (χ0) is 18.9. The molecule has 1 aliphatic heterocycles. The van der Waals surface area contributed by atoms with Crippen LogP contribution >= 0.6 is 11.6 Å². The molecule has 7 heteroatoms. The van der Waals surface area contributed by atoms with Crippen molar-refractivity contribution in [2.45, 2.75) is 38.1 Å². The fourth-order valence-corrected chi connectivity index (χ4v) is 4.17. The van der Waals surface area contributed by atoms with Gasteiger partial charge in [0.05, 0.1) is 11.6 Å². The molecule has 0 atom stereocenters. The Morgan fingerprint density at radius 2 is 1.89 bits per heavy atom. The monoisotopic (exact) mass is 387 g/mol. The fraction of sp³-hybridized carbons (Fsp3) is 0.450. The van der Waals surface area contributed by atoms with Crippen molar-refractivity contribution < 1.29 is 14.1 Å². The Kier molecular flexibility index (Phi) is 4.91. The molecule has 1 aromatic heterocycles. The molecule has 0 spiro atoms. The highest BCUT2D eigenvalue weighted by atomic mass is 35.5. The Labute approximate surface area is 162 Å². The first-order chi connectivity index (χ1) is 13.1. The van der Waals surface area contributed by atoms with E-state index in [0.29, 0.717) is 24.5 Å². The molecular weight excluding hydrogens is 366 g/mol. The lowest BCUT2D eigenvalue weighted by atomic mass is 9.73. The first-order valence-electron chi connectivity index (χ1n) is 9.31. The normalized spacial score (nSPS) is 18.9. The van der Waals surface area contributed by atoms with E-state index in [2.05, 4.69) is 10.5 Å². The lowest BCUT2D eigenvalue weighted by Crippen LogP contribution is -2.66. The molecule has 142 valence electrons. The predicted octanol–water partition coefficient (Wildman–Crippen LogP) is 3.07. The SMILES string of the molecule is O=C(c1ccno1)N1CC(Cc2ccc(Cl)cc2)(C(=O)NC2CCCC2)C1. The predicted molar refractivity (Wildman–Crippen MR) is 100 cm³/mol. The average molecular weight is 388 g/mol. The van der Waals surface area contributed by atoms with Crippen LogP contribution in [-0.4, -0.2) is 41.0 Å². The van der Waals surface area contributed by atoms with Crippen molar-refractivity contribution in [2.75, 3.05) is 13.1 Å². The van der Waals surface area contributed by atoms with Gasteiger partial charge in [-0.2, -0.15) is 0 Å². The third-order valence-corrected chi connectivity index (χ3v) is 5.80. The molecule has 2 amide bonds. The summed E-state index contributed by atoms with van der Waals surface area (Å²) in [5.41, 5.74) is 0.416. The number of hydrogen-bond acceptors (Lipinski definition) is 4. The molecule has 1 aromatic carbocycles. The van der Waals surface area contributed by atoms with Gasteiger partial charge in [0.2, 0.25) is 11.7 Å². The van der Waals surface area contributed by atoms with E-state index in [4.69, 9.17) is 16.1 Å². The van der Waals surface area contributed by atoms with E-state index >= 15 is 0 Å². The maximum absolute atomic E-state index is 13.1. The van der Waals surface area contributed by atoms with Gasteiger partial charge in [-0.1, -0.05) is 41.7 Å². The quantitative estimate of drug-likeness (QED) is 0.855. The van der Waals surface area contributed by atoms with Gasteiger partial charge in [-0.05, 0) is 37.0 Å². The Morgan fingerprint density at radius 3 is 2.52 bits per heavy atom. The van der Waals surface area contributed by atoms with Crippen LogP contribution in [-0.2, 0) is 11.2 Å². The van der Waals surface area contributed by atoms with Crippen molar-refractivity contribution in [1.82, 2.24) is 15.4 Å². The topological polar surface area (TPSA) is 75.4 Å². The number of hydrogen-bond donors (Lipinski definition) is 1. The second kappa shape index (κ2) is 7.35. The van der Waals surface area contributed by atoms with Gasteiger partial charge in [-0.15, -0.1) is 0 Å². The molecule has 2 heterocycles. The number of nitrogens with one attached hydrogen (secondary N) is 1. The van der Waals surface area contributed by atoms with Gasteiger partial charge in [0.1, 0.15) is 0 Å². The number of rotatable bonds is 5. The zero-order valence-electron chi connectivity index (χ0n) is 15.0. The molecular formula is C20H22ClN3O3. The van der Waals surface area contributed by atoms with Gasteiger partial charge in [-0.25, -0.2) is 0 Å². The highest BCUT2D eigenvalue weighted by Crippen LogP contribution is 2.36. The summed E-state index contributed by atoms with van der Waals surface area (Å²) in [7, 11) is 0. The molecule has 1 saturated heterocycles. The molecule has 2 aliphatic rings. The number of aromatic nitrogens is 1. The van der Waals surface area contributed by atoms with E-state index in [1.54, 1.807) is 11.0 Å². The molecule has 2 fully saturated rings. The van der Waals surface area contributed by atoms with Crippen LogP contribution < -0.4 is 5.32 Å². The summed E-state index contributed by atoms with van der Waals surface area (Å²) in [4.78, 5) is 27.2. The van der Waals surface area contributed by atoms with Crippen LogP contribution in [0.2, 0.25) is 5.02 Å². The lowest BCUT2D eigenvalue weighted by molar-refractivity contribution is -0.140. The van der Waals surface area contributed by atoms with Crippen molar-refractivity contribution in [2.24, 2.45) is 5.41 Å². The molecule has 1 N–H and O–H groups in total. The molecule has 0 bridgehead atoms. The van der Waals surface area contributed by atoms with Crippen molar-refractivity contribution in [1.29, 1.82) is 0 Å². The van der Waals surface area contributed by atoms with E-state index < -0.39 is 5.41 Å². The molecule has 1 saturated carbocycles. The maximum atomic E-state index is 13.1. The first-order valence-corrected chi connectivity index (χ1v) is 9.69. The smallest absolute Gasteiger partial charge is 0.292 e. The van der Waals surface area contributed by atoms with E-state index in [1.165, 1.54) is 6.20 Å². The molecule has 4 rings (SSSR count). The van der Waals surface area contributed by atoms with Crippen molar-refractivity contribution >= 4 is 23.4 Å². The summed E-state index contributed by atoms with van der Waals surface area (Å²) in [6, 6.07) is 9.33. The van der Waals surface area contributed by atoms with Crippen molar-refractivity contribution in [3.8, 4) is 0 Å². The van der Waals surface area contributed by atoms with Crippen LogP contribution in [0.25, 0.3) is 0 Å². The first kappa shape index (κ1) is 18.0. The molecule has 0 unspecified atom stereocenters. The minimum Gasteiger partial charge on any atom is -0.353 e.